The highest BCUT2D eigenvalue weighted by Crippen LogP contribution is 2.28. The lowest BCUT2D eigenvalue weighted by Gasteiger charge is -2.20. The van der Waals surface area contributed by atoms with Crippen molar-refractivity contribution in [1.29, 1.82) is 0 Å². The van der Waals surface area contributed by atoms with E-state index < -0.39 is 0 Å². The van der Waals surface area contributed by atoms with Crippen LogP contribution in [0.25, 0.3) is 0 Å². The smallest absolute Gasteiger partial charge is 0.163 e. The molecule has 0 spiro atoms. The number of ketones is 1. The predicted octanol–water partition coefficient (Wildman–Crippen LogP) is 4.74. The molecular formula is C14H16BrFO. The Morgan fingerprint density at radius 1 is 1.29 bits per heavy atom. The van der Waals surface area contributed by atoms with Crippen LogP contribution in [0.2, 0.25) is 0 Å². The van der Waals surface area contributed by atoms with E-state index in [2.05, 4.69) is 15.9 Å². The fourth-order valence-electron chi connectivity index (χ4n) is 2.44. The number of carbonyl (C=O) groups is 1. The molecule has 1 aliphatic rings. The minimum atomic E-state index is -0.320. The van der Waals surface area contributed by atoms with Gasteiger partial charge in [0.1, 0.15) is 5.82 Å². The standard InChI is InChI=1S/C14H16BrFO/c15-12-9-11(6-7-13(12)16)14(17)8-10-4-2-1-3-5-10/h6-7,9-10H,1-5,8H2. The Hall–Kier alpha value is -0.700. The third-order valence-corrected chi connectivity index (χ3v) is 4.05. The molecule has 1 fully saturated rings. The molecule has 1 nitrogen and oxygen atoms in total. The van der Waals surface area contributed by atoms with Gasteiger partial charge < -0.3 is 0 Å². The van der Waals surface area contributed by atoms with Gasteiger partial charge in [-0.3, -0.25) is 4.79 Å². The van der Waals surface area contributed by atoms with Crippen molar-refractivity contribution in [3.05, 3.63) is 34.1 Å². The summed E-state index contributed by atoms with van der Waals surface area (Å²) in [4.78, 5) is 12.0. The molecule has 1 aliphatic carbocycles. The van der Waals surface area contributed by atoms with E-state index in [1.54, 1.807) is 12.1 Å². The summed E-state index contributed by atoms with van der Waals surface area (Å²) in [5.74, 6) is 0.344. The summed E-state index contributed by atoms with van der Waals surface area (Å²) in [6, 6.07) is 4.50. The highest BCUT2D eigenvalue weighted by atomic mass is 79.9. The lowest BCUT2D eigenvalue weighted by molar-refractivity contribution is 0.0950. The maximum Gasteiger partial charge on any atom is 0.163 e. The van der Waals surface area contributed by atoms with Crippen LogP contribution < -0.4 is 0 Å². The molecule has 1 aromatic rings. The topological polar surface area (TPSA) is 17.1 Å². The molecule has 3 heteroatoms. The van der Waals surface area contributed by atoms with Crippen LogP contribution in [-0.4, -0.2) is 5.78 Å². The lowest BCUT2D eigenvalue weighted by Crippen LogP contribution is -2.12. The molecule has 0 amide bonds. The first-order valence-electron chi connectivity index (χ1n) is 6.15. The molecule has 0 heterocycles. The van der Waals surface area contributed by atoms with Gasteiger partial charge in [-0.1, -0.05) is 32.1 Å². The summed E-state index contributed by atoms with van der Waals surface area (Å²) in [5.41, 5.74) is 0.615. The van der Waals surface area contributed by atoms with Gasteiger partial charge in [0.15, 0.2) is 5.78 Å². The average Bonchev–Trinajstić information content (AvgIpc) is 2.34. The minimum Gasteiger partial charge on any atom is -0.294 e. The van der Waals surface area contributed by atoms with Crippen LogP contribution in [0.1, 0.15) is 48.9 Å². The van der Waals surface area contributed by atoms with E-state index in [0.29, 0.717) is 22.4 Å². The van der Waals surface area contributed by atoms with Crippen LogP contribution in [0.3, 0.4) is 0 Å². The van der Waals surface area contributed by atoms with Crippen molar-refractivity contribution in [3.63, 3.8) is 0 Å². The first kappa shape index (κ1) is 12.7. The number of carbonyl (C=O) groups excluding carboxylic acids is 1. The van der Waals surface area contributed by atoms with Gasteiger partial charge in [-0.15, -0.1) is 0 Å². The Morgan fingerprint density at radius 2 is 2.00 bits per heavy atom. The summed E-state index contributed by atoms with van der Waals surface area (Å²) in [6.07, 6.45) is 6.71. The van der Waals surface area contributed by atoms with Crippen molar-refractivity contribution in [2.45, 2.75) is 38.5 Å². The van der Waals surface area contributed by atoms with E-state index in [1.807, 2.05) is 0 Å². The van der Waals surface area contributed by atoms with Crippen molar-refractivity contribution in [2.75, 3.05) is 0 Å². The largest absolute Gasteiger partial charge is 0.294 e. The molecule has 17 heavy (non-hydrogen) atoms. The van der Waals surface area contributed by atoms with Gasteiger partial charge in [0.2, 0.25) is 0 Å². The quantitative estimate of drug-likeness (QED) is 0.737. The molecule has 0 radical (unpaired) electrons. The Labute approximate surface area is 110 Å². The molecule has 1 aromatic carbocycles. The van der Waals surface area contributed by atoms with Crippen molar-refractivity contribution in [1.82, 2.24) is 0 Å². The number of hydrogen-bond acceptors (Lipinski definition) is 1. The van der Waals surface area contributed by atoms with Crippen molar-refractivity contribution in [3.8, 4) is 0 Å². The van der Waals surface area contributed by atoms with Gasteiger partial charge in [0.25, 0.3) is 0 Å². The summed E-state index contributed by atoms with van der Waals surface area (Å²) in [5, 5.41) is 0. The number of benzene rings is 1. The van der Waals surface area contributed by atoms with Crippen LogP contribution in [0.5, 0.6) is 0 Å². The summed E-state index contributed by atoms with van der Waals surface area (Å²) in [6.45, 7) is 0. The van der Waals surface area contributed by atoms with E-state index >= 15 is 0 Å². The molecule has 0 N–H and O–H groups in total. The Kier molecular flexibility index (Phi) is 4.32. The second-order valence-electron chi connectivity index (χ2n) is 4.76. The second kappa shape index (κ2) is 5.76. The van der Waals surface area contributed by atoms with Crippen LogP contribution in [0.4, 0.5) is 4.39 Å². The number of rotatable bonds is 3. The Bertz CT molecular complexity index is 411. The monoisotopic (exact) mass is 298 g/mol. The lowest BCUT2D eigenvalue weighted by atomic mass is 9.85. The molecule has 0 saturated heterocycles. The number of Topliss-reactive ketones (excluding diaryl/α,β-unsaturated/α-hetero) is 1. The second-order valence-corrected chi connectivity index (χ2v) is 5.61. The van der Waals surface area contributed by atoms with E-state index in [9.17, 15) is 9.18 Å². The molecular weight excluding hydrogens is 283 g/mol. The Morgan fingerprint density at radius 3 is 2.65 bits per heavy atom. The first-order chi connectivity index (χ1) is 8.16. The van der Waals surface area contributed by atoms with Crippen molar-refractivity contribution in [2.24, 2.45) is 5.92 Å². The first-order valence-corrected chi connectivity index (χ1v) is 6.94. The molecule has 0 atom stereocenters. The summed E-state index contributed by atoms with van der Waals surface area (Å²) in [7, 11) is 0. The van der Waals surface area contributed by atoms with Crippen LogP contribution in [-0.2, 0) is 0 Å². The normalized spacial score (nSPS) is 17.1. The number of halogens is 2. The van der Waals surface area contributed by atoms with Gasteiger partial charge in [-0.25, -0.2) is 4.39 Å². The van der Waals surface area contributed by atoms with E-state index in [-0.39, 0.29) is 11.6 Å². The summed E-state index contributed by atoms with van der Waals surface area (Å²) < 4.78 is 13.4. The SMILES string of the molecule is O=C(CC1CCCCC1)c1ccc(F)c(Br)c1. The average molecular weight is 299 g/mol. The molecule has 0 unspecified atom stereocenters. The van der Waals surface area contributed by atoms with Gasteiger partial charge in [0, 0.05) is 12.0 Å². The Balaban J connectivity index is 2.01. The van der Waals surface area contributed by atoms with Gasteiger partial charge in [-0.2, -0.15) is 0 Å². The van der Waals surface area contributed by atoms with Crippen molar-refractivity contribution < 1.29 is 9.18 Å². The van der Waals surface area contributed by atoms with E-state index in [4.69, 9.17) is 0 Å². The zero-order chi connectivity index (χ0) is 12.3. The predicted molar refractivity (Wildman–Crippen MR) is 69.6 cm³/mol. The van der Waals surface area contributed by atoms with Crippen LogP contribution >= 0.6 is 15.9 Å². The van der Waals surface area contributed by atoms with Crippen LogP contribution in [0.15, 0.2) is 22.7 Å². The zero-order valence-electron chi connectivity index (χ0n) is 9.72. The minimum absolute atomic E-state index is 0.137. The fraction of sp³-hybridized carbons (Fsp3) is 0.500. The van der Waals surface area contributed by atoms with E-state index in [1.165, 1.54) is 25.3 Å². The van der Waals surface area contributed by atoms with Gasteiger partial charge in [0.05, 0.1) is 4.47 Å². The highest BCUT2D eigenvalue weighted by molar-refractivity contribution is 9.10. The fourth-order valence-corrected chi connectivity index (χ4v) is 2.82. The van der Waals surface area contributed by atoms with Gasteiger partial charge >= 0.3 is 0 Å². The van der Waals surface area contributed by atoms with E-state index in [0.717, 1.165) is 12.8 Å². The van der Waals surface area contributed by atoms with Gasteiger partial charge in [-0.05, 0) is 40.0 Å². The molecule has 0 bridgehead atoms. The molecule has 92 valence electrons. The molecule has 1 saturated carbocycles. The highest BCUT2D eigenvalue weighted by Gasteiger charge is 2.18. The van der Waals surface area contributed by atoms with Crippen LogP contribution in [0, 0.1) is 11.7 Å². The zero-order valence-corrected chi connectivity index (χ0v) is 11.3. The third kappa shape index (κ3) is 3.38. The summed E-state index contributed by atoms with van der Waals surface area (Å²) >= 11 is 3.11. The maximum absolute atomic E-state index is 13.1. The number of hydrogen-bond donors (Lipinski definition) is 0. The third-order valence-electron chi connectivity index (χ3n) is 3.44. The molecule has 0 aliphatic heterocycles. The molecule has 0 aromatic heterocycles. The maximum atomic E-state index is 13.1. The van der Waals surface area contributed by atoms with Crippen molar-refractivity contribution >= 4 is 21.7 Å². The molecule has 2 rings (SSSR count).